The monoisotopic (exact) mass is 478 g/mol. The summed E-state index contributed by atoms with van der Waals surface area (Å²) in [7, 11) is -3.94. The first-order chi connectivity index (χ1) is 15.4. The molecule has 1 aliphatic carbocycles. The molecule has 11 heteroatoms. The van der Waals surface area contributed by atoms with Gasteiger partial charge in [-0.1, -0.05) is 11.6 Å². The minimum atomic E-state index is -3.94. The van der Waals surface area contributed by atoms with Crippen molar-refractivity contribution in [3.8, 4) is 0 Å². The van der Waals surface area contributed by atoms with E-state index in [0.29, 0.717) is 29.3 Å². The summed E-state index contributed by atoms with van der Waals surface area (Å²) in [5.41, 5.74) is 2.88. The van der Waals surface area contributed by atoms with E-state index in [1.54, 1.807) is 0 Å². The van der Waals surface area contributed by atoms with Gasteiger partial charge in [-0.3, -0.25) is 8.98 Å². The Bertz CT molecular complexity index is 1100. The second kappa shape index (κ2) is 10.2. The number of aromatic nitrogens is 2. The number of nitrogens with one attached hydrogen (secondary N) is 1. The molecule has 4 rings (SSSR count). The lowest BCUT2D eigenvalue weighted by Crippen LogP contribution is -2.22. The van der Waals surface area contributed by atoms with Crippen LogP contribution in [0, 0.1) is 5.92 Å². The lowest BCUT2D eigenvalue weighted by Gasteiger charge is -2.15. The van der Waals surface area contributed by atoms with Gasteiger partial charge in [0.25, 0.3) is 0 Å². The minimum absolute atomic E-state index is 0.0601. The van der Waals surface area contributed by atoms with Crippen LogP contribution < -0.4 is 10.5 Å². The maximum atomic E-state index is 13.2. The summed E-state index contributed by atoms with van der Waals surface area (Å²) in [5, 5.41) is 10.3. The second-order valence-corrected chi connectivity index (χ2v) is 10.2. The Morgan fingerprint density at radius 2 is 2.25 bits per heavy atom. The Balaban J connectivity index is 1.40. The Morgan fingerprint density at radius 1 is 1.38 bits per heavy atom. The normalized spacial score (nSPS) is 21.3. The van der Waals surface area contributed by atoms with Gasteiger partial charge in [0.1, 0.15) is 12.1 Å². The maximum absolute atomic E-state index is 13.2. The fraction of sp³-hybridized carbons (Fsp3) is 0.476. The van der Waals surface area contributed by atoms with Gasteiger partial charge < -0.3 is 10.1 Å². The van der Waals surface area contributed by atoms with Crippen molar-refractivity contribution in [2.45, 2.75) is 38.1 Å². The lowest BCUT2D eigenvalue weighted by molar-refractivity contribution is 0.104. The molecule has 0 unspecified atom stereocenters. The molecule has 172 valence electrons. The molecule has 0 amide bonds. The molecule has 1 saturated carbocycles. The van der Waals surface area contributed by atoms with Crippen LogP contribution in [0.1, 0.15) is 46.5 Å². The predicted octanol–water partition coefficient (Wildman–Crippen LogP) is 2.46. The van der Waals surface area contributed by atoms with Crippen molar-refractivity contribution in [1.82, 2.24) is 9.97 Å². The van der Waals surface area contributed by atoms with Crippen LogP contribution in [-0.4, -0.2) is 50.0 Å². The summed E-state index contributed by atoms with van der Waals surface area (Å²) in [6, 6.07) is 2.00. The quantitative estimate of drug-likeness (QED) is 0.415. The number of ketones is 1. The van der Waals surface area contributed by atoms with Gasteiger partial charge in [0.05, 0.1) is 30.3 Å². The topological polar surface area (TPSA) is 134 Å². The largest absolute Gasteiger partial charge is 0.377 e. The van der Waals surface area contributed by atoms with Gasteiger partial charge in [-0.15, -0.1) is 11.3 Å². The molecule has 0 aromatic carbocycles. The van der Waals surface area contributed by atoms with Crippen molar-refractivity contribution in [1.29, 1.82) is 0 Å². The highest BCUT2D eigenvalue weighted by molar-refractivity contribution is 7.84. The second-order valence-electron chi connectivity index (χ2n) is 8.10. The highest BCUT2D eigenvalue weighted by Gasteiger charge is 2.28. The first kappa shape index (κ1) is 23.0. The Labute approximate surface area is 191 Å². The van der Waals surface area contributed by atoms with Crippen molar-refractivity contribution in [2.24, 2.45) is 11.1 Å². The molecule has 1 aliphatic heterocycles. The molecule has 3 N–H and O–H groups in total. The molecule has 1 fully saturated rings. The van der Waals surface area contributed by atoms with Crippen LogP contribution in [0.3, 0.4) is 0 Å². The van der Waals surface area contributed by atoms with Gasteiger partial charge in [-0.05, 0) is 55.0 Å². The number of hydrogen-bond donors (Lipinski definition) is 2. The van der Waals surface area contributed by atoms with Crippen molar-refractivity contribution < 1.29 is 22.1 Å². The summed E-state index contributed by atoms with van der Waals surface area (Å²) < 4.78 is 32.1. The Kier molecular flexibility index (Phi) is 7.31. The molecule has 0 saturated heterocycles. The highest BCUT2D eigenvalue weighted by Crippen LogP contribution is 2.30. The zero-order valence-electron chi connectivity index (χ0n) is 17.5. The SMILES string of the molecule is NS(=O)(=O)OC[C@@H]1CC[C@H](Nc2ncncc2C(=O)c2cc(CC3=CCOCC3)cs2)C1. The Hall–Kier alpha value is -2.18. The number of nitrogens with zero attached hydrogens (tertiary/aromatic N) is 2. The highest BCUT2D eigenvalue weighted by atomic mass is 32.2. The van der Waals surface area contributed by atoms with Crippen LogP contribution in [0.15, 0.2) is 35.6 Å². The molecule has 9 nitrogen and oxygen atoms in total. The van der Waals surface area contributed by atoms with Gasteiger partial charge in [0.15, 0.2) is 0 Å². The standard InChI is InChI=1S/C21H26N4O5S2/c22-32(27,28)30-11-15-1-2-17(8-15)25-21-18(10-23-13-24-21)20(26)19-9-16(12-31-19)7-14-3-5-29-6-4-14/h3,9-10,12-13,15,17H,1-2,4-8,11H2,(H2,22,27,28)(H,23,24,25)/t15-,17+/m1/s1. The van der Waals surface area contributed by atoms with E-state index in [4.69, 9.17) is 14.1 Å². The van der Waals surface area contributed by atoms with Gasteiger partial charge in [0, 0.05) is 12.2 Å². The van der Waals surface area contributed by atoms with Crippen molar-refractivity contribution >= 4 is 33.2 Å². The predicted molar refractivity (Wildman–Crippen MR) is 121 cm³/mol. The number of rotatable bonds is 9. The van der Waals surface area contributed by atoms with E-state index in [9.17, 15) is 13.2 Å². The van der Waals surface area contributed by atoms with E-state index in [1.165, 1.54) is 29.4 Å². The molecule has 3 heterocycles. The molecule has 32 heavy (non-hydrogen) atoms. The van der Waals surface area contributed by atoms with E-state index in [-0.39, 0.29) is 24.3 Å². The van der Waals surface area contributed by atoms with Crippen LogP contribution in [0.4, 0.5) is 5.82 Å². The molecule has 2 aromatic rings. The minimum Gasteiger partial charge on any atom is -0.377 e. The molecule has 2 atom stereocenters. The third-order valence-corrected chi connectivity index (χ3v) is 7.12. The zero-order chi connectivity index (χ0) is 22.6. The Morgan fingerprint density at radius 3 is 3.03 bits per heavy atom. The third kappa shape index (κ3) is 6.20. The number of nitrogens with two attached hydrogens (primary N) is 1. The number of anilines is 1. The fourth-order valence-electron chi connectivity index (χ4n) is 4.06. The fourth-order valence-corrected chi connectivity index (χ4v) is 5.31. The van der Waals surface area contributed by atoms with E-state index in [2.05, 4.69) is 21.4 Å². The molecule has 2 aliphatic rings. The third-order valence-electron chi connectivity index (χ3n) is 5.67. The van der Waals surface area contributed by atoms with Gasteiger partial charge in [-0.25, -0.2) is 15.1 Å². The van der Waals surface area contributed by atoms with Crippen LogP contribution in [0.2, 0.25) is 0 Å². The molecule has 0 bridgehead atoms. The maximum Gasteiger partial charge on any atom is 0.333 e. The smallest absolute Gasteiger partial charge is 0.333 e. The first-order valence-corrected chi connectivity index (χ1v) is 12.8. The van der Waals surface area contributed by atoms with Gasteiger partial charge >= 0.3 is 10.3 Å². The van der Waals surface area contributed by atoms with E-state index >= 15 is 0 Å². The lowest BCUT2D eigenvalue weighted by atomic mass is 10.0. The van der Waals surface area contributed by atoms with E-state index < -0.39 is 10.3 Å². The molecular weight excluding hydrogens is 452 g/mol. The van der Waals surface area contributed by atoms with Crippen molar-refractivity contribution in [3.63, 3.8) is 0 Å². The summed E-state index contributed by atoms with van der Waals surface area (Å²) in [4.78, 5) is 22.2. The molecular formula is C21H26N4O5S2. The van der Waals surface area contributed by atoms with Crippen molar-refractivity contribution in [2.75, 3.05) is 25.1 Å². The van der Waals surface area contributed by atoms with Gasteiger partial charge in [-0.2, -0.15) is 8.42 Å². The van der Waals surface area contributed by atoms with Crippen molar-refractivity contribution in [3.05, 3.63) is 51.6 Å². The van der Waals surface area contributed by atoms with Crippen LogP contribution in [0.5, 0.6) is 0 Å². The molecule has 0 spiro atoms. The summed E-state index contributed by atoms with van der Waals surface area (Å²) in [6.45, 7) is 1.46. The van der Waals surface area contributed by atoms with Crippen LogP contribution in [0.25, 0.3) is 0 Å². The number of hydrogen-bond acceptors (Lipinski definition) is 9. The van der Waals surface area contributed by atoms with Crippen LogP contribution >= 0.6 is 11.3 Å². The van der Waals surface area contributed by atoms with E-state index in [1.807, 2.05) is 11.4 Å². The number of carbonyl (C=O) groups excluding carboxylic acids is 1. The van der Waals surface area contributed by atoms with Crippen LogP contribution in [-0.2, 0) is 25.6 Å². The first-order valence-electron chi connectivity index (χ1n) is 10.5. The average molecular weight is 479 g/mol. The summed E-state index contributed by atoms with van der Waals surface area (Å²) in [5.74, 6) is 0.452. The number of thiophene rings is 1. The molecule has 2 aromatic heterocycles. The van der Waals surface area contributed by atoms with Gasteiger partial charge in [0.2, 0.25) is 5.78 Å². The molecule has 0 radical (unpaired) electrons. The number of ether oxygens (including phenoxy) is 1. The summed E-state index contributed by atoms with van der Waals surface area (Å²) in [6.07, 6.45) is 9.13. The average Bonchev–Trinajstić information content (AvgIpc) is 3.42. The van der Waals surface area contributed by atoms with E-state index in [0.717, 1.165) is 37.9 Å². The number of carbonyl (C=O) groups is 1. The zero-order valence-corrected chi connectivity index (χ0v) is 19.2. The summed E-state index contributed by atoms with van der Waals surface area (Å²) >= 11 is 1.43.